The molecule has 0 amide bonds. The highest BCUT2D eigenvalue weighted by Gasteiger charge is 2.33. The monoisotopic (exact) mass is 196 g/mol. The van der Waals surface area contributed by atoms with Crippen LogP contribution in [0.1, 0.15) is 32.6 Å². The molecule has 2 aliphatic carbocycles. The van der Waals surface area contributed by atoms with Gasteiger partial charge in [-0.2, -0.15) is 0 Å². The molecule has 0 N–H and O–H groups in total. The molecular weight excluding hydrogens is 184 g/mol. The van der Waals surface area contributed by atoms with Crippen LogP contribution in [0.15, 0.2) is 11.1 Å². The highest BCUT2D eigenvalue weighted by atomic mass is 32.2. The van der Waals surface area contributed by atoms with E-state index in [1.54, 1.807) is 0 Å². The number of rotatable bonds is 1. The highest BCUT2D eigenvalue weighted by Crippen LogP contribution is 2.45. The summed E-state index contributed by atoms with van der Waals surface area (Å²) in [6.07, 6.45) is 4.37. The third-order valence-electron chi connectivity index (χ3n) is 2.79. The summed E-state index contributed by atoms with van der Waals surface area (Å²) in [4.78, 5) is 22.3. The lowest BCUT2D eigenvalue weighted by molar-refractivity contribution is -0.110. The van der Waals surface area contributed by atoms with Crippen LogP contribution in [0.3, 0.4) is 0 Å². The fraction of sp³-hybridized carbons (Fsp3) is 0.600. The minimum Gasteiger partial charge on any atom is -0.287 e. The van der Waals surface area contributed by atoms with Crippen molar-refractivity contribution in [2.24, 2.45) is 5.92 Å². The molecule has 0 aromatic heterocycles. The number of hydrogen-bond acceptors (Lipinski definition) is 3. The van der Waals surface area contributed by atoms with Gasteiger partial charge in [-0.05, 0) is 43.4 Å². The van der Waals surface area contributed by atoms with E-state index in [1.165, 1.54) is 18.9 Å². The van der Waals surface area contributed by atoms with E-state index in [9.17, 15) is 9.59 Å². The molecule has 70 valence electrons. The summed E-state index contributed by atoms with van der Waals surface area (Å²) in [5, 5.41) is -0.0921. The Labute approximate surface area is 81.8 Å². The molecule has 0 spiro atoms. The van der Waals surface area contributed by atoms with Crippen molar-refractivity contribution in [3.05, 3.63) is 11.1 Å². The van der Waals surface area contributed by atoms with Gasteiger partial charge in [0.15, 0.2) is 5.12 Å². The van der Waals surface area contributed by atoms with Crippen LogP contribution in [0.5, 0.6) is 0 Å². The van der Waals surface area contributed by atoms with E-state index in [1.807, 2.05) is 0 Å². The van der Waals surface area contributed by atoms with Crippen molar-refractivity contribution in [3.8, 4) is 0 Å². The first-order chi connectivity index (χ1) is 6.16. The quantitative estimate of drug-likeness (QED) is 0.645. The highest BCUT2D eigenvalue weighted by molar-refractivity contribution is 8.26. The van der Waals surface area contributed by atoms with Gasteiger partial charge in [0.2, 0.25) is 5.12 Å². The second-order valence-corrected chi connectivity index (χ2v) is 4.93. The molecule has 0 aliphatic heterocycles. The van der Waals surface area contributed by atoms with Gasteiger partial charge in [0.25, 0.3) is 0 Å². The average Bonchev–Trinajstić information content (AvgIpc) is 2.62. The van der Waals surface area contributed by atoms with Gasteiger partial charge in [0.1, 0.15) is 0 Å². The lowest BCUT2D eigenvalue weighted by atomic mass is 10.0. The molecule has 2 rings (SSSR count). The zero-order chi connectivity index (χ0) is 9.42. The molecule has 0 aromatic carbocycles. The summed E-state index contributed by atoms with van der Waals surface area (Å²) in [5.74, 6) is 0.710. The number of hydrogen-bond donors (Lipinski definition) is 0. The molecular formula is C10H12O2S. The summed E-state index contributed by atoms with van der Waals surface area (Å²) < 4.78 is 0. The van der Waals surface area contributed by atoms with Gasteiger partial charge in [-0.1, -0.05) is 5.57 Å². The normalized spacial score (nSPS) is 25.5. The van der Waals surface area contributed by atoms with Crippen molar-refractivity contribution in [1.29, 1.82) is 0 Å². The summed E-state index contributed by atoms with van der Waals surface area (Å²) in [6.45, 7) is 1.45. The topological polar surface area (TPSA) is 34.1 Å². The zero-order valence-corrected chi connectivity index (χ0v) is 8.45. The molecule has 0 saturated heterocycles. The lowest BCUT2D eigenvalue weighted by Gasteiger charge is -2.08. The van der Waals surface area contributed by atoms with Gasteiger partial charge in [0.05, 0.1) is 0 Å². The summed E-state index contributed by atoms with van der Waals surface area (Å²) in [5.41, 5.74) is 2.28. The van der Waals surface area contributed by atoms with Crippen LogP contribution in [0, 0.1) is 5.92 Å². The number of carbonyl (C=O) groups is 2. The molecule has 2 nitrogen and oxygen atoms in total. The molecule has 1 saturated carbocycles. The summed E-state index contributed by atoms with van der Waals surface area (Å²) >= 11 is 0.856. The molecule has 0 aromatic rings. The smallest absolute Gasteiger partial charge is 0.222 e. The molecule has 2 bridgehead atoms. The summed E-state index contributed by atoms with van der Waals surface area (Å²) in [7, 11) is 0. The van der Waals surface area contributed by atoms with Gasteiger partial charge in [-0.15, -0.1) is 0 Å². The van der Waals surface area contributed by atoms with Crippen LogP contribution < -0.4 is 0 Å². The molecule has 1 unspecified atom stereocenters. The molecule has 2 aliphatic rings. The maximum Gasteiger partial charge on any atom is 0.222 e. The fourth-order valence-electron chi connectivity index (χ4n) is 2.23. The second-order valence-electron chi connectivity index (χ2n) is 3.78. The van der Waals surface area contributed by atoms with Crippen molar-refractivity contribution >= 4 is 22.0 Å². The Bertz CT molecular complexity index is 304. The Balaban J connectivity index is 2.09. The third kappa shape index (κ3) is 1.70. The molecule has 13 heavy (non-hydrogen) atoms. The first-order valence-corrected chi connectivity index (χ1v) is 5.42. The van der Waals surface area contributed by atoms with Crippen LogP contribution >= 0.6 is 11.8 Å². The minimum absolute atomic E-state index is 0.00435. The van der Waals surface area contributed by atoms with Gasteiger partial charge >= 0.3 is 0 Å². The predicted molar refractivity (Wildman–Crippen MR) is 52.3 cm³/mol. The first-order valence-electron chi connectivity index (χ1n) is 4.60. The average molecular weight is 196 g/mol. The zero-order valence-electron chi connectivity index (χ0n) is 7.63. The van der Waals surface area contributed by atoms with E-state index in [0.29, 0.717) is 5.92 Å². The Morgan fingerprint density at radius 1 is 1.38 bits per heavy atom. The number of carbonyl (C=O) groups excluding carboxylic acids is 2. The number of thioether (sulfide) groups is 1. The Hall–Kier alpha value is -0.570. The standard InChI is InChI=1S/C10H12O2S/c1-6(11)13-10(12)9-5-7-2-3-8(9)4-7/h7H,2-5H2,1H3. The predicted octanol–water partition coefficient (Wildman–Crippen LogP) is 2.29. The van der Waals surface area contributed by atoms with E-state index in [0.717, 1.165) is 36.6 Å². The van der Waals surface area contributed by atoms with Crippen LogP contribution in [-0.4, -0.2) is 10.2 Å². The van der Waals surface area contributed by atoms with E-state index in [-0.39, 0.29) is 10.2 Å². The Morgan fingerprint density at radius 3 is 2.62 bits per heavy atom. The van der Waals surface area contributed by atoms with Crippen molar-refractivity contribution in [2.75, 3.05) is 0 Å². The fourth-order valence-corrected chi connectivity index (χ4v) is 2.84. The second kappa shape index (κ2) is 3.29. The van der Waals surface area contributed by atoms with E-state index in [2.05, 4.69) is 0 Å². The third-order valence-corrected chi connectivity index (χ3v) is 3.51. The van der Waals surface area contributed by atoms with E-state index in [4.69, 9.17) is 0 Å². The van der Waals surface area contributed by atoms with Crippen LogP contribution in [0.25, 0.3) is 0 Å². The molecule has 0 radical (unpaired) electrons. The van der Waals surface area contributed by atoms with E-state index >= 15 is 0 Å². The van der Waals surface area contributed by atoms with Crippen LogP contribution in [-0.2, 0) is 9.59 Å². The minimum atomic E-state index is -0.0964. The molecule has 0 heterocycles. The SMILES string of the molecule is CC(=O)SC(=O)C1=C2CCC(C2)C1. The van der Waals surface area contributed by atoms with E-state index < -0.39 is 0 Å². The Kier molecular flexibility index (Phi) is 2.28. The Morgan fingerprint density at radius 2 is 2.15 bits per heavy atom. The number of allylic oxidation sites excluding steroid dienone is 1. The lowest BCUT2D eigenvalue weighted by Crippen LogP contribution is -2.04. The van der Waals surface area contributed by atoms with Gasteiger partial charge < -0.3 is 0 Å². The van der Waals surface area contributed by atoms with Gasteiger partial charge in [-0.25, -0.2) is 0 Å². The molecule has 1 fully saturated rings. The molecule has 3 heteroatoms. The van der Waals surface area contributed by atoms with Gasteiger partial charge in [-0.3, -0.25) is 9.59 Å². The van der Waals surface area contributed by atoms with Crippen molar-refractivity contribution in [3.63, 3.8) is 0 Å². The van der Waals surface area contributed by atoms with Gasteiger partial charge in [0, 0.05) is 12.5 Å². The first kappa shape index (κ1) is 9.00. The summed E-state index contributed by atoms with van der Waals surface area (Å²) in [6, 6.07) is 0. The molecule has 1 atom stereocenters. The largest absolute Gasteiger partial charge is 0.287 e. The van der Waals surface area contributed by atoms with Crippen LogP contribution in [0.2, 0.25) is 0 Å². The van der Waals surface area contributed by atoms with Crippen molar-refractivity contribution in [2.45, 2.75) is 32.6 Å². The van der Waals surface area contributed by atoms with Crippen LogP contribution in [0.4, 0.5) is 0 Å². The van der Waals surface area contributed by atoms with Crippen molar-refractivity contribution in [1.82, 2.24) is 0 Å². The maximum absolute atomic E-state index is 11.5. The maximum atomic E-state index is 11.5. The van der Waals surface area contributed by atoms with Crippen molar-refractivity contribution < 1.29 is 9.59 Å². The number of fused-ring (bicyclic) bond motifs is 2.